The standard InChI is InChI=1S/C11H20O2/c12-7-1-2-8-3-4-9-5-6-10(13)11(8)9/h8-13H,1-7H2/t8-,9-,10+,11-/m1/s1. The first kappa shape index (κ1) is 9.47. The summed E-state index contributed by atoms with van der Waals surface area (Å²) in [6.07, 6.45) is 6.86. The van der Waals surface area contributed by atoms with Gasteiger partial charge in [-0.1, -0.05) is 0 Å². The Balaban J connectivity index is 1.90. The normalized spacial score (nSPS) is 43.8. The molecule has 2 rings (SSSR count). The predicted molar refractivity (Wildman–Crippen MR) is 51.3 cm³/mol. The van der Waals surface area contributed by atoms with Crippen molar-refractivity contribution in [3.63, 3.8) is 0 Å². The summed E-state index contributed by atoms with van der Waals surface area (Å²) in [5, 5.41) is 18.6. The fourth-order valence-electron chi connectivity index (χ4n) is 3.43. The highest BCUT2D eigenvalue weighted by molar-refractivity contribution is 4.94. The van der Waals surface area contributed by atoms with Gasteiger partial charge < -0.3 is 10.2 Å². The van der Waals surface area contributed by atoms with Gasteiger partial charge in [-0.3, -0.25) is 0 Å². The number of rotatable bonds is 3. The second kappa shape index (κ2) is 3.97. The van der Waals surface area contributed by atoms with Gasteiger partial charge in [0.25, 0.3) is 0 Å². The molecule has 0 radical (unpaired) electrons. The summed E-state index contributed by atoms with van der Waals surface area (Å²) >= 11 is 0. The molecular weight excluding hydrogens is 164 g/mol. The molecule has 0 spiro atoms. The SMILES string of the molecule is OCCC[C@@H]1CC[C@@H]2CC[C@H](O)[C@H]12. The molecule has 2 heteroatoms. The Kier molecular flexibility index (Phi) is 2.89. The van der Waals surface area contributed by atoms with Crippen LogP contribution in [-0.2, 0) is 0 Å². The van der Waals surface area contributed by atoms with Gasteiger partial charge >= 0.3 is 0 Å². The molecule has 2 nitrogen and oxygen atoms in total. The minimum Gasteiger partial charge on any atom is -0.396 e. The van der Waals surface area contributed by atoms with Gasteiger partial charge in [0, 0.05) is 6.61 Å². The van der Waals surface area contributed by atoms with Crippen molar-refractivity contribution in [1.29, 1.82) is 0 Å². The molecule has 2 aliphatic carbocycles. The zero-order valence-corrected chi connectivity index (χ0v) is 8.15. The van der Waals surface area contributed by atoms with E-state index in [9.17, 15) is 5.11 Å². The molecule has 4 atom stereocenters. The van der Waals surface area contributed by atoms with E-state index >= 15 is 0 Å². The lowest BCUT2D eigenvalue weighted by molar-refractivity contribution is 0.0941. The van der Waals surface area contributed by atoms with Gasteiger partial charge in [0.2, 0.25) is 0 Å². The van der Waals surface area contributed by atoms with E-state index in [1.54, 1.807) is 0 Å². The third kappa shape index (κ3) is 1.75. The van der Waals surface area contributed by atoms with Crippen LogP contribution in [0.2, 0.25) is 0 Å². The summed E-state index contributed by atoms with van der Waals surface area (Å²) in [5.74, 6) is 2.08. The van der Waals surface area contributed by atoms with E-state index in [-0.39, 0.29) is 6.10 Å². The maximum Gasteiger partial charge on any atom is 0.0573 e. The van der Waals surface area contributed by atoms with Gasteiger partial charge in [0.15, 0.2) is 0 Å². The maximum absolute atomic E-state index is 9.81. The lowest BCUT2D eigenvalue weighted by Gasteiger charge is -2.21. The first-order chi connectivity index (χ1) is 6.33. The van der Waals surface area contributed by atoms with Gasteiger partial charge in [0.05, 0.1) is 6.10 Å². The van der Waals surface area contributed by atoms with E-state index in [0.29, 0.717) is 18.4 Å². The Bertz CT molecular complexity index is 169. The molecule has 0 saturated heterocycles. The van der Waals surface area contributed by atoms with Crippen LogP contribution < -0.4 is 0 Å². The summed E-state index contributed by atoms with van der Waals surface area (Å²) in [5.41, 5.74) is 0. The van der Waals surface area contributed by atoms with Crippen LogP contribution in [0.25, 0.3) is 0 Å². The van der Waals surface area contributed by atoms with Gasteiger partial charge in [-0.25, -0.2) is 0 Å². The van der Waals surface area contributed by atoms with Crippen LogP contribution in [0.5, 0.6) is 0 Å². The summed E-state index contributed by atoms with van der Waals surface area (Å²) in [4.78, 5) is 0. The molecule has 0 bridgehead atoms. The van der Waals surface area contributed by atoms with Crippen LogP contribution in [-0.4, -0.2) is 22.9 Å². The lowest BCUT2D eigenvalue weighted by Crippen LogP contribution is -2.22. The topological polar surface area (TPSA) is 40.5 Å². The molecule has 0 unspecified atom stereocenters. The fourth-order valence-corrected chi connectivity index (χ4v) is 3.43. The minimum absolute atomic E-state index is 0.0313. The maximum atomic E-state index is 9.81. The molecule has 0 heterocycles. The summed E-state index contributed by atoms with van der Waals surface area (Å²) in [6, 6.07) is 0. The highest BCUT2D eigenvalue weighted by Gasteiger charge is 2.43. The molecule has 0 aromatic rings. The Morgan fingerprint density at radius 2 is 1.85 bits per heavy atom. The van der Waals surface area contributed by atoms with Crippen LogP contribution in [0.4, 0.5) is 0 Å². The molecule has 13 heavy (non-hydrogen) atoms. The Morgan fingerprint density at radius 3 is 2.62 bits per heavy atom. The van der Waals surface area contributed by atoms with Crippen molar-refractivity contribution in [1.82, 2.24) is 0 Å². The quantitative estimate of drug-likeness (QED) is 0.698. The molecule has 2 N–H and O–H groups in total. The largest absolute Gasteiger partial charge is 0.396 e. The first-order valence-electron chi connectivity index (χ1n) is 5.62. The second-order valence-electron chi connectivity index (χ2n) is 4.69. The van der Waals surface area contributed by atoms with E-state index in [2.05, 4.69) is 0 Å². The third-order valence-corrected chi connectivity index (χ3v) is 4.01. The van der Waals surface area contributed by atoms with E-state index in [1.165, 1.54) is 19.3 Å². The van der Waals surface area contributed by atoms with Crippen molar-refractivity contribution in [2.24, 2.45) is 17.8 Å². The van der Waals surface area contributed by atoms with Crippen molar-refractivity contribution < 1.29 is 10.2 Å². The number of hydrogen-bond acceptors (Lipinski definition) is 2. The van der Waals surface area contributed by atoms with E-state index in [4.69, 9.17) is 5.11 Å². The van der Waals surface area contributed by atoms with Gasteiger partial charge in [-0.2, -0.15) is 0 Å². The highest BCUT2D eigenvalue weighted by Crippen LogP contribution is 2.49. The van der Waals surface area contributed by atoms with Gasteiger partial charge in [-0.05, 0) is 56.3 Å². The number of fused-ring (bicyclic) bond motifs is 1. The predicted octanol–water partition coefficient (Wildman–Crippen LogP) is 1.56. The zero-order chi connectivity index (χ0) is 9.26. The second-order valence-corrected chi connectivity index (χ2v) is 4.69. The Morgan fingerprint density at radius 1 is 1.08 bits per heavy atom. The van der Waals surface area contributed by atoms with Crippen LogP contribution in [0.15, 0.2) is 0 Å². The van der Waals surface area contributed by atoms with Crippen molar-refractivity contribution in [2.45, 2.75) is 44.6 Å². The molecule has 0 aromatic heterocycles. The van der Waals surface area contributed by atoms with Crippen LogP contribution in [0, 0.1) is 17.8 Å². The minimum atomic E-state index is -0.0313. The van der Waals surface area contributed by atoms with Crippen LogP contribution >= 0.6 is 0 Å². The highest BCUT2D eigenvalue weighted by atomic mass is 16.3. The molecule has 2 aliphatic rings. The Labute approximate surface area is 80.0 Å². The van der Waals surface area contributed by atoms with Crippen LogP contribution in [0.1, 0.15) is 38.5 Å². The third-order valence-electron chi connectivity index (χ3n) is 4.01. The first-order valence-corrected chi connectivity index (χ1v) is 5.62. The van der Waals surface area contributed by atoms with Crippen molar-refractivity contribution in [2.75, 3.05) is 6.61 Å². The lowest BCUT2D eigenvalue weighted by atomic mass is 9.87. The van der Waals surface area contributed by atoms with E-state index in [1.807, 2.05) is 0 Å². The van der Waals surface area contributed by atoms with Crippen molar-refractivity contribution in [3.8, 4) is 0 Å². The zero-order valence-electron chi connectivity index (χ0n) is 8.15. The molecule has 0 aromatic carbocycles. The van der Waals surface area contributed by atoms with E-state index < -0.39 is 0 Å². The van der Waals surface area contributed by atoms with Crippen molar-refractivity contribution >= 4 is 0 Å². The van der Waals surface area contributed by atoms with Crippen molar-refractivity contribution in [3.05, 3.63) is 0 Å². The van der Waals surface area contributed by atoms with Crippen LogP contribution in [0.3, 0.4) is 0 Å². The Hall–Kier alpha value is -0.0800. The monoisotopic (exact) mass is 184 g/mol. The number of aliphatic hydroxyl groups is 2. The van der Waals surface area contributed by atoms with E-state index in [0.717, 1.165) is 25.2 Å². The molecule has 0 amide bonds. The summed E-state index contributed by atoms with van der Waals surface area (Å²) in [6.45, 7) is 0.310. The van der Waals surface area contributed by atoms with Gasteiger partial charge in [-0.15, -0.1) is 0 Å². The molecule has 0 aliphatic heterocycles. The molecular formula is C11H20O2. The number of aliphatic hydroxyl groups excluding tert-OH is 2. The molecule has 76 valence electrons. The van der Waals surface area contributed by atoms with Gasteiger partial charge in [0.1, 0.15) is 0 Å². The average molecular weight is 184 g/mol. The number of hydrogen-bond donors (Lipinski definition) is 2. The molecule has 2 fully saturated rings. The average Bonchev–Trinajstić information content (AvgIpc) is 2.67. The fraction of sp³-hybridized carbons (Fsp3) is 1.00. The summed E-state index contributed by atoms with van der Waals surface area (Å²) in [7, 11) is 0. The summed E-state index contributed by atoms with van der Waals surface area (Å²) < 4.78 is 0. The molecule has 2 saturated carbocycles. The smallest absolute Gasteiger partial charge is 0.0573 e.